The average Bonchev–Trinajstić information content (AvgIpc) is 2.25. The van der Waals surface area contributed by atoms with Gasteiger partial charge < -0.3 is 19.8 Å². The molecule has 0 spiro atoms. The molecule has 0 aliphatic heterocycles. The zero-order valence-corrected chi connectivity index (χ0v) is 15.4. The molecule has 0 aliphatic rings. The Morgan fingerprint density at radius 2 is 1.50 bits per heavy atom. The maximum atomic E-state index is 10.8. The molecule has 0 N–H and O–H groups in total. The Morgan fingerprint density at radius 1 is 1.00 bits per heavy atom. The normalized spacial score (nSPS) is 12.8. The maximum Gasteiger partial charge on any atom is 2.00 e. The van der Waals surface area contributed by atoms with E-state index in [1.54, 1.807) is 0 Å². The SMILES string of the molecule is CCCCCCC(CC(C(=O)[O-])C(=O)[O-])C(C)(C)C.[Ca+2]. The van der Waals surface area contributed by atoms with Crippen LogP contribution in [-0.4, -0.2) is 49.7 Å². The maximum absolute atomic E-state index is 10.8. The average molecular weight is 310 g/mol. The molecule has 0 saturated heterocycles. The second kappa shape index (κ2) is 10.9. The summed E-state index contributed by atoms with van der Waals surface area (Å²) in [6.45, 7) is 8.17. The van der Waals surface area contributed by atoms with E-state index >= 15 is 0 Å². The zero-order chi connectivity index (χ0) is 15.1. The molecule has 0 bridgehead atoms. The van der Waals surface area contributed by atoms with Gasteiger partial charge in [-0.3, -0.25) is 0 Å². The Bertz CT molecular complexity index is 283. The zero-order valence-electron chi connectivity index (χ0n) is 13.2. The Balaban J connectivity index is 0. The monoisotopic (exact) mass is 310 g/mol. The van der Waals surface area contributed by atoms with Crippen LogP contribution in [-0.2, 0) is 9.59 Å². The second-order valence-corrected chi connectivity index (χ2v) is 6.34. The molecular formula is C15H26CaO4. The first-order chi connectivity index (χ1) is 8.70. The molecule has 0 heterocycles. The van der Waals surface area contributed by atoms with Gasteiger partial charge in [0.05, 0.1) is 11.9 Å². The van der Waals surface area contributed by atoms with Gasteiger partial charge in [-0.25, -0.2) is 0 Å². The Labute approximate surface area is 152 Å². The Hall–Kier alpha value is 0.200. The second-order valence-electron chi connectivity index (χ2n) is 6.34. The Morgan fingerprint density at radius 3 is 1.85 bits per heavy atom. The van der Waals surface area contributed by atoms with E-state index < -0.39 is 17.9 Å². The first-order valence-electron chi connectivity index (χ1n) is 7.11. The third-order valence-corrected chi connectivity index (χ3v) is 3.72. The number of carbonyl (C=O) groups excluding carboxylic acids is 2. The van der Waals surface area contributed by atoms with Crippen LogP contribution in [0.5, 0.6) is 0 Å². The topological polar surface area (TPSA) is 80.3 Å². The minimum Gasteiger partial charge on any atom is -0.549 e. The summed E-state index contributed by atoms with van der Waals surface area (Å²) in [5, 5.41) is 21.7. The van der Waals surface area contributed by atoms with Crippen LogP contribution in [0.15, 0.2) is 0 Å². The van der Waals surface area contributed by atoms with Gasteiger partial charge in [0, 0.05) is 5.92 Å². The number of hydrogen-bond acceptors (Lipinski definition) is 4. The van der Waals surface area contributed by atoms with Crippen LogP contribution in [0.3, 0.4) is 0 Å². The predicted octanol–water partition coefficient (Wildman–Crippen LogP) is 0.744. The summed E-state index contributed by atoms with van der Waals surface area (Å²) >= 11 is 0. The minimum absolute atomic E-state index is 0. The van der Waals surface area contributed by atoms with Gasteiger partial charge in [0.25, 0.3) is 0 Å². The summed E-state index contributed by atoms with van der Waals surface area (Å²) in [6, 6.07) is 0. The number of rotatable bonds is 9. The molecule has 1 unspecified atom stereocenters. The van der Waals surface area contributed by atoms with Gasteiger partial charge in [-0.2, -0.15) is 0 Å². The van der Waals surface area contributed by atoms with Crippen molar-refractivity contribution in [2.24, 2.45) is 17.3 Å². The number of carboxylic acid groups (broad SMARTS) is 2. The number of hydrogen-bond donors (Lipinski definition) is 0. The third kappa shape index (κ3) is 9.19. The smallest absolute Gasteiger partial charge is 0.549 e. The first-order valence-corrected chi connectivity index (χ1v) is 7.11. The summed E-state index contributed by atoms with van der Waals surface area (Å²) < 4.78 is 0. The molecule has 0 aromatic heterocycles. The van der Waals surface area contributed by atoms with E-state index in [2.05, 4.69) is 6.92 Å². The quantitative estimate of drug-likeness (QED) is 0.357. The van der Waals surface area contributed by atoms with Crippen LogP contribution in [0.25, 0.3) is 0 Å². The van der Waals surface area contributed by atoms with E-state index in [9.17, 15) is 19.8 Å². The van der Waals surface area contributed by atoms with Crippen LogP contribution >= 0.6 is 0 Å². The van der Waals surface area contributed by atoms with Gasteiger partial charge >= 0.3 is 37.7 Å². The molecule has 0 rings (SSSR count). The fraction of sp³-hybridized carbons (Fsp3) is 0.867. The van der Waals surface area contributed by atoms with Crippen molar-refractivity contribution in [1.82, 2.24) is 0 Å². The molecule has 20 heavy (non-hydrogen) atoms. The van der Waals surface area contributed by atoms with Crippen molar-refractivity contribution in [3.63, 3.8) is 0 Å². The van der Waals surface area contributed by atoms with Crippen molar-refractivity contribution in [1.29, 1.82) is 0 Å². The molecule has 4 nitrogen and oxygen atoms in total. The van der Waals surface area contributed by atoms with Crippen molar-refractivity contribution in [3.05, 3.63) is 0 Å². The Kier molecular flexibility index (Phi) is 12.2. The van der Waals surface area contributed by atoms with Crippen LogP contribution in [0.1, 0.15) is 66.2 Å². The minimum atomic E-state index is -1.54. The summed E-state index contributed by atoms with van der Waals surface area (Å²) in [5.41, 5.74) is -0.116. The molecule has 0 aromatic carbocycles. The van der Waals surface area contributed by atoms with Crippen LogP contribution in [0.2, 0.25) is 0 Å². The molecular weight excluding hydrogens is 284 g/mol. The van der Waals surface area contributed by atoms with Gasteiger partial charge in [-0.1, -0.05) is 53.4 Å². The molecule has 5 heteroatoms. The molecule has 1 atom stereocenters. The summed E-state index contributed by atoms with van der Waals surface area (Å²) in [7, 11) is 0. The predicted molar refractivity (Wildman–Crippen MR) is 75.6 cm³/mol. The first kappa shape index (κ1) is 22.5. The number of carbonyl (C=O) groups is 2. The number of carboxylic acids is 2. The van der Waals surface area contributed by atoms with E-state index in [0.29, 0.717) is 0 Å². The van der Waals surface area contributed by atoms with Gasteiger partial charge in [0.15, 0.2) is 0 Å². The van der Waals surface area contributed by atoms with Crippen molar-refractivity contribution in [2.75, 3.05) is 0 Å². The van der Waals surface area contributed by atoms with Crippen molar-refractivity contribution in [2.45, 2.75) is 66.2 Å². The molecule has 0 fully saturated rings. The van der Waals surface area contributed by atoms with Gasteiger partial charge in [-0.05, 0) is 24.2 Å². The fourth-order valence-corrected chi connectivity index (χ4v) is 2.30. The number of unbranched alkanes of at least 4 members (excludes halogenated alkanes) is 3. The van der Waals surface area contributed by atoms with E-state index in [1.807, 2.05) is 20.8 Å². The largest absolute Gasteiger partial charge is 2.00 e. The molecule has 0 aliphatic carbocycles. The molecule has 112 valence electrons. The van der Waals surface area contributed by atoms with E-state index in [1.165, 1.54) is 0 Å². The molecule has 0 saturated carbocycles. The van der Waals surface area contributed by atoms with Gasteiger partial charge in [0.1, 0.15) is 0 Å². The van der Waals surface area contributed by atoms with Gasteiger partial charge in [-0.15, -0.1) is 0 Å². The fourth-order valence-electron chi connectivity index (χ4n) is 2.30. The molecule has 0 radical (unpaired) electrons. The van der Waals surface area contributed by atoms with E-state index in [-0.39, 0.29) is 55.5 Å². The molecule has 0 amide bonds. The van der Waals surface area contributed by atoms with Crippen molar-refractivity contribution >= 4 is 49.7 Å². The molecule has 0 aromatic rings. The van der Waals surface area contributed by atoms with Crippen molar-refractivity contribution < 1.29 is 19.8 Å². The number of aliphatic carboxylic acids is 2. The van der Waals surface area contributed by atoms with Crippen LogP contribution < -0.4 is 10.2 Å². The van der Waals surface area contributed by atoms with E-state index in [0.717, 1.165) is 32.1 Å². The third-order valence-electron chi connectivity index (χ3n) is 3.72. The standard InChI is InChI=1S/C15H28O4.Ca/c1-5-6-7-8-9-11(15(2,3)4)10-12(13(16)17)14(18)19;/h11-12H,5-10H2,1-4H3,(H,16,17)(H,18,19);/q;+2/p-2. The van der Waals surface area contributed by atoms with E-state index in [4.69, 9.17) is 0 Å². The van der Waals surface area contributed by atoms with Crippen LogP contribution in [0.4, 0.5) is 0 Å². The summed E-state index contributed by atoms with van der Waals surface area (Å²) in [6.07, 6.45) is 5.34. The van der Waals surface area contributed by atoms with Gasteiger partial charge in [0.2, 0.25) is 0 Å². The summed E-state index contributed by atoms with van der Waals surface area (Å²) in [5.74, 6) is -4.54. The van der Waals surface area contributed by atoms with Crippen LogP contribution in [0, 0.1) is 17.3 Å². The van der Waals surface area contributed by atoms with Crippen molar-refractivity contribution in [3.8, 4) is 0 Å². The summed E-state index contributed by atoms with van der Waals surface area (Å²) in [4.78, 5) is 21.7.